The minimum Gasteiger partial charge on any atom is -0.478 e. The second kappa shape index (κ2) is 6.72. The summed E-state index contributed by atoms with van der Waals surface area (Å²) in [6.07, 6.45) is 2.84. The molecular formula is C16H22N2O3. The molecule has 0 aromatic heterocycles. The molecule has 0 spiro atoms. The lowest BCUT2D eigenvalue weighted by Gasteiger charge is -2.21. The van der Waals surface area contributed by atoms with Crippen LogP contribution >= 0.6 is 0 Å². The van der Waals surface area contributed by atoms with Crippen molar-refractivity contribution in [2.45, 2.75) is 25.3 Å². The van der Waals surface area contributed by atoms with E-state index in [9.17, 15) is 9.59 Å². The van der Waals surface area contributed by atoms with Gasteiger partial charge in [-0.25, -0.2) is 4.79 Å². The first kappa shape index (κ1) is 15.5. The van der Waals surface area contributed by atoms with E-state index < -0.39 is 5.97 Å². The van der Waals surface area contributed by atoms with Crippen LogP contribution in [0.5, 0.6) is 0 Å². The molecule has 0 radical (unpaired) electrons. The Morgan fingerprint density at radius 2 is 1.90 bits per heavy atom. The van der Waals surface area contributed by atoms with Gasteiger partial charge in [0, 0.05) is 19.6 Å². The Kier molecular flexibility index (Phi) is 4.96. The maximum Gasteiger partial charge on any atom is 0.335 e. The van der Waals surface area contributed by atoms with E-state index in [4.69, 9.17) is 5.11 Å². The van der Waals surface area contributed by atoms with Crippen molar-refractivity contribution >= 4 is 11.9 Å². The molecule has 5 nitrogen and oxygen atoms in total. The number of nitrogens with zero attached hydrogens (tertiary/aromatic N) is 2. The van der Waals surface area contributed by atoms with Crippen molar-refractivity contribution in [2.75, 3.05) is 27.2 Å². The summed E-state index contributed by atoms with van der Waals surface area (Å²) < 4.78 is 0. The fourth-order valence-corrected chi connectivity index (χ4v) is 2.35. The zero-order valence-corrected chi connectivity index (χ0v) is 12.6. The highest BCUT2D eigenvalue weighted by Crippen LogP contribution is 2.25. The molecule has 0 heterocycles. The molecule has 0 aliphatic heterocycles. The van der Waals surface area contributed by atoms with Crippen LogP contribution in [0, 0.1) is 0 Å². The van der Waals surface area contributed by atoms with Crippen molar-refractivity contribution in [3.63, 3.8) is 0 Å². The summed E-state index contributed by atoms with van der Waals surface area (Å²) in [7, 11) is 3.75. The highest BCUT2D eigenvalue weighted by atomic mass is 16.4. The van der Waals surface area contributed by atoms with Gasteiger partial charge in [0.15, 0.2) is 0 Å². The van der Waals surface area contributed by atoms with Crippen LogP contribution in [0.2, 0.25) is 0 Å². The lowest BCUT2D eigenvalue weighted by Crippen LogP contribution is -2.38. The van der Waals surface area contributed by atoms with Gasteiger partial charge < -0.3 is 10.0 Å². The van der Waals surface area contributed by atoms with Crippen LogP contribution in [0.15, 0.2) is 24.3 Å². The van der Waals surface area contributed by atoms with Crippen LogP contribution in [-0.4, -0.2) is 60.0 Å². The number of likely N-dealkylation sites (N-methyl/N-ethyl adjacent to an activating group) is 2. The summed E-state index contributed by atoms with van der Waals surface area (Å²) in [6.45, 7) is 1.04. The van der Waals surface area contributed by atoms with Gasteiger partial charge in [0.25, 0.3) is 0 Å². The second-order valence-electron chi connectivity index (χ2n) is 5.69. The maximum absolute atomic E-state index is 12.0. The molecule has 0 saturated heterocycles. The van der Waals surface area contributed by atoms with Crippen LogP contribution in [0.1, 0.15) is 28.8 Å². The molecule has 1 N–H and O–H groups in total. The summed E-state index contributed by atoms with van der Waals surface area (Å²) >= 11 is 0. The molecule has 1 aliphatic rings. The monoisotopic (exact) mass is 290 g/mol. The molecule has 5 heteroatoms. The van der Waals surface area contributed by atoms with E-state index in [0.29, 0.717) is 31.1 Å². The van der Waals surface area contributed by atoms with Gasteiger partial charge in [-0.3, -0.25) is 9.69 Å². The molecule has 114 valence electrons. The number of amides is 1. The number of rotatable bonds is 7. The molecule has 1 fully saturated rings. The topological polar surface area (TPSA) is 60.9 Å². The Balaban J connectivity index is 1.85. The third-order valence-electron chi connectivity index (χ3n) is 3.90. The Morgan fingerprint density at radius 1 is 1.24 bits per heavy atom. The van der Waals surface area contributed by atoms with Crippen LogP contribution in [-0.2, 0) is 11.2 Å². The largest absolute Gasteiger partial charge is 0.478 e. The molecule has 1 aromatic carbocycles. The van der Waals surface area contributed by atoms with Crippen LogP contribution < -0.4 is 0 Å². The minimum atomic E-state index is -0.905. The molecule has 0 atom stereocenters. The first-order valence-corrected chi connectivity index (χ1v) is 7.24. The second-order valence-corrected chi connectivity index (χ2v) is 5.69. The highest BCUT2D eigenvalue weighted by molar-refractivity contribution is 5.89. The third kappa shape index (κ3) is 4.29. The SMILES string of the molecule is CN(CCc1ccccc1C(=O)O)CC(=O)N(C)C1CC1. The summed E-state index contributed by atoms with van der Waals surface area (Å²) in [5.41, 5.74) is 1.15. The van der Waals surface area contributed by atoms with Gasteiger partial charge >= 0.3 is 5.97 Å². The van der Waals surface area contributed by atoms with Crippen LogP contribution in [0.4, 0.5) is 0 Å². The van der Waals surface area contributed by atoms with E-state index in [-0.39, 0.29) is 5.91 Å². The average Bonchev–Trinajstić information content (AvgIpc) is 3.29. The van der Waals surface area contributed by atoms with Gasteiger partial charge in [0.2, 0.25) is 5.91 Å². The molecule has 2 rings (SSSR count). The fraction of sp³-hybridized carbons (Fsp3) is 0.500. The smallest absolute Gasteiger partial charge is 0.335 e. The highest BCUT2D eigenvalue weighted by Gasteiger charge is 2.29. The van der Waals surface area contributed by atoms with Crippen LogP contribution in [0.3, 0.4) is 0 Å². The van der Waals surface area contributed by atoms with Crippen molar-refractivity contribution in [1.82, 2.24) is 9.80 Å². The zero-order chi connectivity index (χ0) is 15.4. The summed E-state index contributed by atoms with van der Waals surface area (Å²) in [5, 5.41) is 9.14. The van der Waals surface area contributed by atoms with E-state index in [1.165, 1.54) is 0 Å². The molecule has 1 saturated carbocycles. The molecule has 0 bridgehead atoms. The first-order valence-electron chi connectivity index (χ1n) is 7.24. The Morgan fingerprint density at radius 3 is 2.52 bits per heavy atom. The Labute approximate surface area is 125 Å². The van der Waals surface area contributed by atoms with Gasteiger partial charge in [-0.1, -0.05) is 18.2 Å². The number of hydrogen-bond acceptors (Lipinski definition) is 3. The standard InChI is InChI=1S/C16H22N2O3/c1-17(11-15(19)18(2)13-7-8-13)10-9-12-5-3-4-6-14(12)16(20)21/h3-6,13H,7-11H2,1-2H3,(H,20,21). The summed E-state index contributed by atoms with van der Waals surface area (Å²) in [6, 6.07) is 7.44. The van der Waals surface area contributed by atoms with Crippen molar-refractivity contribution in [2.24, 2.45) is 0 Å². The number of carboxylic acids is 1. The first-order chi connectivity index (χ1) is 9.99. The number of carbonyl (C=O) groups excluding carboxylic acids is 1. The number of carbonyl (C=O) groups is 2. The zero-order valence-electron chi connectivity index (χ0n) is 12.6. The van der Waals surface area contributed by atoms with Crippen molar-refractivity contribution in [1.29, 1.82) is 0 Å². The third-order valence-corrected chi connectivity index (χ3v) is 3.90. The number of aromatic carboxylic acids is 1. The minimum absolute atomic E-state index is 0.131. The number of benzene rings is 1. The Hall–Kier alpha value is -1.88. The predicted molar refractivity (Wildman–Crippen MR) is 80.4 cm³/mol. The van der Waals surface area contributed by atoms with Crippen molar-refractivity contribution in [3.05, 3.63) is 35.4 Å². The molecule has 1 aliphatic carbocycles. The van der Waals surface area contributed by atoms with Crippen LogP contribution in [0.25, 0.3) is 0 Å². The van der Waals surface area contributed by atoms with E-state index in [1.54, 1.807) is 12.1 Å². The summed E-state index contributed by atoms with van der Waals surface area (Å²) in [5.74, 6) is -0.774. The fourth-order valence-electron chi connectivity index (χ4n) is 2.35. The molecular weight excluding hydrogens is 268 g/mol. The van der Waals surface area contributed by atoms with Crippen molar-refractivity contribution < 1.29 is 14.7 Å². The molecule has 0 unspecified atom stereocenters. The van der Waals surface area contributed by atoms with Gasteiger partial charge in [0.05, 0.1) is 12.1 Å². The molecule has 21 heavy (non-hydrogen) atoms. The summed E-state index contributed by atoms with van der Waals surface area (Å²) in [4.78, 5) is 26.9. The van der Waals surface area contributed by atoms with Crippen molar-refractivity contribution in [3.8, 4) is 0 Å². The lowest BCUT2D eigenvalue weighted by atomic mass is 10.0. The molecule has 1 amide bonds. The quantitative estimate of drug-likeness (QED) is 0.826. The van der Waals surface area contributed by atoms with Gasteiger partial charge in [0.1, 0.15) is 0 Å². The Bertz CT molecular complexity index is 526. The number of hydrogen-bond donors (Lipinski definition) is 1. The van der Waals surface area contributed by atoms with E-state index in [2.05, 4.69) is 0 Å². The molecule has 1 aromatic rings. The van der Waals surface area contributed by atoms with Gasteiger partial charge in [-0.05, 0) is 37.9 Å². The van der Waals surface area contributed by atoms with E-state index >= 15 is 0 Å². The van der Waals surface area contributed by atoms with E-state index in [1.807, 2.05) is 36.0 Å². The lowest BCUT2D eigenvalue weighted by molar-refractivity contribution is -0.131. The average molecular weight is 290 g/mol. The van der Waals surface area contributed by atoms with E-state index in [0.717, 1.165) is 18.4 Å². The predicted octanol–water partition coefficient (Wildman–Crippen LogP) is 1.48. The number of carboxylic acid groups (broad SMARTS) is 1. The normalized spacial score (nSPS) is 14.2. The van der Waals surface area contributed by atoms with Gasteiger partial charge in [-0.2, -0.15) is 0 Å². The maximum atomic E-state index is 12.0. The van der Waals surface area contributed by atoms with Gasteiger partial charge in [-0.15, -0.1) is 0 Å².